The molecule has 9 heteroatoms. The molecule has 0 spiro atoms. The third-order valence-corrected chi connectivity index (χ3v) is 6.22. The number of carbonyl (C=O) groups is 1. The highest BCUT2D eigenvalue weighted by molar-refractivity contribution is 7.99. The summed E-state index contributed by atoms with van der Waals surface area (Å²) in [6, 6.07) is 13.0. The van der Waals surface area contributed by atoms with Gasteiger partial charge in [0.15, 0.2) is 11.0 Å². The molecule has 0 unspecified atom stereocenters. The standard InChI is InChI=1S/C21H21Cl3N4OS/c1-13(2)25-19(29)8-5-11-30-21-27-26-20(15-6-3-4-7-16(15)22)28(21)14-9-10-17(23)18(24)12-14/h3-4,6-7,9-10,12-13H,5,8,11H2,1-2H3,(H,25,29). The van der Waals surface area contributed by atoms with E-state index >= 15 is 0 Å². The Morgan fingerprint density at radius 3 is 2.53 bits per heavy atom. The number of rotatable bonds is 8. The number of halogens is 3. The summed E-state index contributed by atoms with van der Waals surface area (Å²) < 4.78 is 1.91. The molecule has 0 bridgehead atoms. The monoisotopic (exact) mass is 482 g/mol. The Kier molecular flexibility index (Phi) is 8.06. The fourth-order valence-corrected chi connectivity index (χ4v) is 4.23. The summed E-state index contributed by atoms with van der Waals surface area (Å²) in [6.45, 7) is 3.89. The molecule has 1 aromatic heterocycles. The molecule has 0 saturated carbocycles. The lowest BCUT2D eigenvalue weighted by atomic mass is 10.2. The molecular weight excluding hydrogens is 463 g/mol. The summed E-state index contributed by atoms with van der Waals surface area (Å²) in [6.07, 6.45) is 1.18. The molecule has 1 N–H and O–H groups in total. The van der Waals surface area contributed by atoms with Gasteiger partial charge < -0.3 is 5.32 Å². The maximum absolute atomic E-state index is 11.9. The van der Waals surface area contributed by atoms with E-state index in [9.17, 15) is 4.79 Å². The number of hydrogen-bond acceptors (Lipinski definition) is 4. The van der Waals surface area contributed by atoms with Crippen LogP contribution in [0.15, 0.2) is 47.6 Å². The van der Waals surface area contributed by atoms with Gasteiger partial charge in [-0.25, -0.2) is 0 Å². The van der Waals surface area contributed by atoms with Crippen molar-refractivity contribution in [1.29, 1.82) is 0 Å². The number of amides is 1. The average molecular weight is 484 g/mol. The second kappa shape index (κ2) is 10.5. The lowest BCUT2D eigenvalue weighted by molar-refractivity contribution is -0.121. The molecule has 3 rings (SSSR count). The van der Waals surface area contributed by atoms with E-state index in [0.717, 1.165) is 17.7 Å². The van der Waals surface area contributed by atoms with Gasteiger partial charge in [-0.2, -0.15) is 0 Å². The van der Waals surface area contributed by atoms with Gasteiger partial charge in [-0.05, 0) is 50.6 Å². The van der Waals surface area contributed by atoms with Gasteiger partial charge in [-0.15, -0.1) is 10.2 Å². The minimum Gasteiger partial charge on any atom is -0.354 e. The fraction of sp³-hybridized carbons (Fsp3) is 0.286. The maximum atomic E-state index is 11.9. The Morgan fingerprint density at radius 1 is 1.07 bits per heavy atom. The fourth-order valence-electron chi connectivity index (χ4n) is 2.83. The molecule has 0 atom stereocenters. The maximum Gasteiger partial charge on any atom is 0.220 e. The number of nitrogens with one attached hydrogen (secondary N) is 1. The lowest BCUT2D eigenvalue weighted by Crippen LogP contribution is -2.29. The van der Waals surface area contributed by atoms with E-state index in [0.29, 0.717) is 38.2 Å². The summed E-state index contributed by atoms with van der Waals surface area (Å²) >= 11 is 20.3. The molecule has 5 nitrogen and oxygen atoms in total. The van der Waals surface area contributed by atoms with Crippen LogP contribution in [0.5, 0.6) is 0 Å². The highest BCUT2D eigenvalue weighted by Gasteiger charge is 2.19. The highest BCUT2D eigenvalue weighted by atomic mass is 35.5. The zero-order chi connectivity index (χ0) is 21.7. The second-order valence-electron chi connectivity index (χ2n) is 6.89. The number of nitrogens with zero attached hydrogens (tertiary/aromatic N) is 3. The van der Waals surface area contributed by atoms with E-state index in [1.165, 1.54) is 11.8 Å². The van der Waals surface area contributed by atoms with Crippen LogP contribution in [-0.2, 0) is 4.79 Å². The van der Waals surface area contributed by atoms with Crippen molar-refractivity contribution in [2.75, 3.05) is 5.75 Å². The molecule has 1 amide bonds. The number of benzene rings is 2. The highest BCUT2D eigenvalue weighted by Crippen LogP contribution is 2.34. The van der Waals surface area contributed by atoms with Crippen LogP contribution in [0.1, 0.15) is 26.7 Å². The van der Waals surface area contributed by atoms with Gasteiger partial charge >= 0.3 is 0 Å². The van der Waals surface area contributed by atoms with E-state index in [4.69, 9.17) is 34.8 Å². The van der Waals surface area contributed by atoms with Crippen LogP contribution in [0.25, 0.3) is 17.1 Å². The predicted molar refractivity (Wildman–Crippen MR) is 125 cm³/mol. The van der Waals surface area contributed by atoms with Gasteiger partial charge in [0, 0.05) is 23.8 Å². The Labute approximate surface area is 195 Å². The van der Waals surface area contributed by atoms with Crippen LogP contribution in [0.2, 0.25) is 15.1 Å². The largest absolute Gasteiger partial charge is 0.354 e. The Morgan fingerprint density at radius 2 is 1.83 bits per heavy atom. The van der Waals surface area contributed by atoms with Crippen molar-refractivity contribution in [3.63, 3.8) is 0 Å². The van der Waals surface area contributed by atoms with Gasteiger partial charge in [0.25, 0.3) is 0 Å². The van der Waals surface area contributed by atoms with Gasteiger partial charge in [0.2, 0.25) is 5.91 Å². The Balaban J connectivity index is 1.87. The van der Waals surface area contributed by atoms with Gasteiger partial charge in [-0.1, -0.05) is 58.7 Å². The van der Waals surface area contributed by atoms with Crippen LogP contribution >= 0.6 is 46.6 Å². The lowest BCUT2D eigenvalue weighted by Gasteiger charge is -2.12. The number of thioether (sulfide) groups is 1. The first-order valence-corrected chi connectivity index (χ1v) is 11.6. The average Bonchev–Trinajstić information content (AvgIpc) is 3.11. The van der Waals surface area contributed by atoms with Crippen molar-refractivity contribution >= 4 is 52.5 Å². The minimum atomic E-state index is 0.0494. The summed E-state index contributed by atoms with van der Waals surface area (Å²) in [7, 11) is 0. The van der Waals surface area contributed by atoms with E-state index in [1.54, 1.807) is 12.1 Å². The predicted octanol–water partition coefficient (Wildman–Crippen LogP) is 6.29. The molecule has 158 valence electrons. The first-order chi connectivity index (χ1) is 14.4. The van der Waals surface area contributed by atoms with Crippen LogP contribution in [0.3, 0.4) is 0 Å². The first-order valence-electron chi connectivity index (χ1n) is 9.44. The van der Waals surface area contributed by atoms with Crippen molar-refractivity contribution in [3.05, 3.63) is 57.5 Å². The van der Waals surface area contributed by atoms with Crippen molar-refractivity contribution in [2.24, 2.45) is 0 Å². The molecule has 30 heavy (non-hydrogen) atoms. The Hall–Kier alpha value is -1.73. The first kappa shape index (κ1) is 22.9. The number of carbonyl (C=O) groups excluding carboxylic acids is 1. The van der Waals surface area contributed by atoms with Crippen molar-refractivity contribution < 1.29 is 4.79 Å². The van der Waals surface area contributed by atoms with E-state index in [1.807, 2.05) is 48.7 Å². The smallest absolute Gasteiger partial charge is 0.220 e. The molecule has 0 radical (unpaired) electrons. The zero-order valence-corrected chi connectivity index (χ0v) is 19.6. The molecule has 0 aliphatic carbocycles. The van der Waals surface area contributed by atoms with E-state index in [-0.39, 0.29) is 11.9 Å². The minimum absolute atomic E-state index is 0.0494. The summed E-state index contributed by atoms with van der Waals surface area (Å²) in [5, 5.41) is 13.8. The molecule has 1 heterocycles. The number of hydrogen-bond donors (Lipinski definition) is 1. The van der Waals surface area contributed by atoms with Crippen LogP contribution in [-0.4, -0.2) is 32.5 Å². The summed E-state index contributed by atoms with van der Waals surface area (Å²) in [4.78, 5) is 11.9. The summed E-state index contributed by atoms with van der Waals surface area (Å²) in [5.41, 5.74) is 1.55. The molecule has 0 fully saturated rings. The second-order valence-corrected chi connectivity index (χ2v) is 9.18. The normalized spacial score (nSPS) is 11.1. The van der Waals surface area contributed by atoms with Crippen molar-refractivity contribution in [3.8, 4) is 17.1 Å². The van der Waals surface area contributed by atoms with Crippen molar-refractivity contribution in [1.82, 2.24) is 20.1 Å². The molecule has 0 aliphatic heterocycles. The number of aromatic nitrogens is 3. The van der Waals surface area contributed by atoms with E-state index in [2.05, 4.69) is 15.5 Å². The molecule has 0 aliphatic rings. The van der Waals surface area contributed by atoms with E-state index < -0.39 is 0 Å². The third-order valence-electron chi connectivity index (χ3n) is 4.14. The van der Waals surface area contributed by atoms with Crippen LogP contribution in [0.4, 0.5) is 0 Å². The summed E-state index contributed by atoms with van der Waals surface area (Å²) in [5.74, 6) is 1.38. The topological polar surface area (TPSA) is 59.8 Å². The molecular formula is C21H21Cl3N4OS. The van der Waals surface area contributed by atoms with Crippen LogP contribution < -0.4 is 5.32 Å². The SMILES string of the molecule is CC(C)NC(=O)CCCSc1nnc(-c2ccccc2Cl)n1-c1ccc(Cl)c(Cl)c1. The van der Waals surface area contributed by atoms with Gasteiger partial charge in [0.05, 0.1) is 20.8 Å². The van der Waals surface area contributed by atoms with Gasteiger partial charge in [0.1, 0.15) is 0 Å². The third kappa shape index (κ3) is 5.70. The molecule has 2 aromatic carbocycles. The quantitative estimate of drug-likeness (QED) is 0.302. The Bertz CT molecular complexity index is 1040. The zero-order valence-electron chi connectivity index (χ0n) is 16.5. The van der Waals surface area contributed by atoms with Crippen molar-refractivity contribution in [2.45, 2.75) is 37.9 Å². The van der Waals surface area contributed by atoms with Crippen LogP contribution in [0, 0.1) is 0 Å². The molecule has 0 saturated heterocycles. The molecule has 3 aromatic rings. The van der Waals surface area contributed by atoms with Gasteiger partial charge in [-0.3, -0.25) is 9.36 Å².